The first kappa shape index (κ1) is 16.7. The van der Waals surface area contributed by atoms with E-state index < -0.39 is 0 Å². The molecule has 0 saturated heterocycles. The Kier molecular flexibility index (Phi) is 3.97. The van der Waals surface area contributed by atoms with Gasteiger partial charge in [0.25, 0.3) is 0 Å². The summed E-state index contributed by atoms with van der Waals surface area (Å²) in [5.74, 6) is 1.68. The number of hydrogen-bond acceptors (Lipinski definition) is 5. The van der Waals surface area contributed by atoms with Gasteiger partial charge in [0.1, 0.15) is 18.1 Å². The van der Waals surface area contributed by atoms with Crippen LogP contribution in [-0.4, -0.2) is 27.7 Å². The van der Waals surface area contributed by atoms with E-state index in [0.717, 1.165) is 29.0 Å². The minimum atomic E-state index is -0.339. The lowest BCUT2D eigenvalue weighted by Crippen LogP contribution is -2.33. The van der Waals surface area contributed by atoms with Gasteiger partial charge in [-0.2, -0.15) is 10.1 Å². The first-order valence-electron chi connectivity index (χ1n) is 9.37. The molecule has 28 heavy (non-hydrogen) atoms. The molecule has 0 radical (unpaired) electrons. The zero-order valence-corrected chi connectivity index (χ0v) is 15.5. The highest BCUT2D eigenvalue weighted by molar-refractivity contribution is 6.00. The van der Waals surface area contributed by atoms with Gasteiger partial charge in [0.2, 0.25) is 5.95 Å². The largest absolute Gasteiger partial charge is 0.496 e. The molecule has 2 aliphatic rings. The molecule has 6 nitrogen and oxygen atoms in total. The Morgan fingerprint density at radius 3 is 2.68 bits per heavy atom. The number of benzene rings is 2. The van der Waals surface area contributed by atoms with Crippen molar-refractivity contribution in [2.45, 2.75) is 24.8 Å². The number of ether oxygens (including phenoxy) is 1. The fourth-order valence-corrected chi connectivity index (χ4v) is 4.29. The quantitative estimate of drug-likeness (QED) is 0.759. The Morgan fingerprint density at radius 1 is 1.07 bits per heavy atom. The van der Waals surface area contributed by atoms with Crippen LogP contribution in [0.3, 0.4) is 0 Å². The number of nitrogens with zero attached hydrogens (tertiary/aromatic N) is 3. The van der Waals surface area contributed by atoms with Gasteiger partial charge in [-0.3, -0.25) is 4.79 Å². The number of carbonyl (C=O) groups excluding carboxylic acids is 1. The van der Waals surface area contributed by atoms with Crippen LogP contribution in [-0.2, 0) is 4.79 Å². The van der Waals surface area contributed by atoms with Gasteiger partial charge in [0.05, 0.1) is 7.11 Å². The zero-order valence-electron chi connectivity index (χ0n) is 15.5. The van der Waals surface area contributed by atoms with Crippen LogP contribution in [0.25, 0.3) is 0 Å². The maximum atomic E-state index is 13.3. The Balaban J connectivity index is 1.63. The standard InChI is InChI=1S/C22H20N4O2/c1-28-19-10-6-5-9-16(19)21-20-17(25-22-23-13-24-26(21)22)11-15(12-18(20)27)14-7-3-2-4-8-14/h2-10,13,15,21H,11-12H2,1H3,(H,23,24,25)/t15-,21+/m1/s1. The van der Waals surface area contributed by atoms with Crippen molar-refractivity contribution in [3.05, 3.63) is 83.3 Å². The maximum Gasteiger partial charge on any atom is 0.226 e. The van der Waals surface area contributed by atoms with Gasteiger partial charge in [0.15, 0.2) is 5.78 Å². The van der Waals surface area contributed by atoms with Crippen LogP contribution in [0.4, 0.5) is 5.95 Å². The summed E-state index contributed by atoms with van der Waals surface area (Å²) in [6.45, 7) is 0. The fourth-order valence-electron chi connectivity index (χ4n) is 4.29. The molecule has 0 unspecified atom stereocenters. The van der Waals surface area contributed by atoms with Crippen molar-refractivity contribution in [1.82, 2.24) is 14.8 Å². The molecule has 1 aliphatic carbocycles. The summed E-state index contributed by atoms with van der Waals surface area (Å²) in [6.07, 6.45) is 2.77. The minimum Gasteiger partial charge on any atom is -0.496 e. The monoisotopic (exact) mass is 372 g/mol. The molecule has 2 atom stereocenters. The van der Waals surface area contributed by atoms with E-state index in [-0.39, 0.29) is 17.7 Å². The second-order valence-electron chi connectivity index (χ2n) is 7.13. The Labute approximate surface area is 162 Å². The Morgan fingerprint density at radius 2 is 1.86 bits per heavy atom. The molecule has 6 heteroatoms. The van der Waals surface area contributed by atoms with E-state index in [4.69, 9.17) is 4.74 Å². The van der Waals surface area contributed by atoms with E-state index in [2.05, 4.69) is 27.5 Å². The minimum absolute atomic E-state index is 0.139. The third-order valence-corrected chi connectivity index (χ3v) is 5.57. The molecule has 1 N–H and O–H groups in total. The summed E-state index contributed by atoms with van der Waals surface area (Å²) < 4.78 is 7.35. The number of fused-ring (bicyclic) bond motifs is 1. The average Bonchev–Trinajstić information content (AvgIpc) is 3.21. The molecule has 0 fully saturated rings. The number of ketones is 1. The molecule has 0 amide bonds. The molecule has 3 aromatic rings. The van der Waals surface area contributed by atoms with Crippen LogP contribution < -0.4 is 10.1 Å². The summed E-state index contributed by atoms with van der Waals surface area (Å²) in [4.78, 5) is 17.7. The van der Waals surface area contributed by atoms with Crippen molar-refractivity contribution in [2.24, 2.45) is 0 Å². The number of nitrogens with one attached hydrogen (secondary N) is 1. The summed E-state index contributed by atoms with van der Waals surface area (Å²) in [5, 5.41) is 7.75. The molecule has 0 bridgehead atoms. The highest BCUT2D eigenvalue weighted by Gasteiger charge is 2.40. The fraction of sp³-hybridized carbons (Fsp3) is 0.227. The topological polar surface area (TPSA) is 69.0 Å². The smallest absolute Gasteiger partial charge is 0.226 e. The molecule has 0 spiro atoms. The summed E-state index contributed by atoms with van der Waals surface area (Å²) in [5.41, 5.74) is 3.79. The molecule has 1 aliphatic heterocycles. The third kappa shape index (κ3) is 2.60. The van der Waals surface area contributed by atoms with Crippen LogP contribution in [0.15, 0.2) is 72.2 Å². The van der Waals surface area contributed by atoms with Crippen LogP contribution in [0.2, 0.25) is 0 Å². The van der Waals surface area contributed by atoms with E-state index >= 15 is 0 Å². The molecule has 1 aromatic heterocycles. The lowest BCUT2D eigenvalue weighted by atomic mass is 9.78. The number of para-hydroxylation sites is 1. The van der Waals surface area contributed by atoms with Crippen molar-refractivity contribution in [3.63, 3.8) is 0 Å². The number of anilines is 1. The Bertz CT molecular complexity index is 1070. The maximum absolute atomic E-state index is 13.3. The number of aromatic nitrogens is 3. The van der Waals surface area contributed by atoms with Gasteiger partial charge in [-0.15, -0.1) is 0 Å². The van der Waals surface area contributed by atoms with Crippen molar-refractivity contribution in [1.29, 1.82) is 0 Å². The normalized spacial score (nSPS) is 21.0. The molecular formula is C22H20N4O2. The van der Waals surface area contributed by atoms with E-state index in [1.807, 2.05) is 42.5 Å². The number of methoxy groups -OCH3 is 1. The lowest BCUT2D eigenvalue weighted by molar-refractivity contribution is -0.116. The van der Waals surface area contributed by atoms with E-state index in [1.165, 1.54) is 11.9 Å². The van der Waals surface area contributed by atoms with Crippen LogP contribution in [0.5, 0.6) is 5.75 Å². The predicted octanol–water partition coefficient (Wildman–Crippen LogP) is 3.70. The van der Waals surface area contributed by atoms with Gasteiger partial charge in [-0.05, 0) is 24.0 Å². The second kappa shape index (κ2) is 6.64. The molecule has 140 valence electrons. The molecule has 2 heterocycles. The Hall–Kier alpha value is -3.41. The van der Waals surface area contributed by atoms with E-state index in [9.17, 15) is 4.79 Å². The summed E-state index contributed by atoms with van der Waals surface area (Å²) in [6, 6.07) is 17.7. The van der Waals surface area contributed by atoms with Crippen LogP contribution in [0.1, 0.15) is 35.9 Å². The number of rotatable bonds is 3. The highest BCUT2D eigenvalue weighted by atomic mass is 16.5. The lowest BCUT2D eigenvalue weighted by Gasteiger charge is -2.35. The summed E-state index contributed by atoms with van der Waals surface area (Å²) >= 11 is 0. The number of hydrogen-bond donors (Lipinski definition) is 1. The van der Waals surface area contributed by atoms with Gasteiger partial charge < -0.3 is 10.1 Å². The number of allylic oxidation sites excluding steroid dienone is 2. The van der Waals surface area contributed by atoms with Gasteiger partial charge in [-0.1, -0.05) is 48.5 Å². The average molecular weight is 372 g/mol. The van der Waals surface area contributed by atoms with E-state index in [0.29, 0.717) is 12.4 Å². The van der Waals surface area contributed by atoms with Crippen LogP contribution in [0, 0.1) is 0 Å². The zero-order chi connectivity index (χ0) is 19.1. The second-order valence-corrected chi connectivity index (χ2v) is 7.13. The highest BCUT2D eigenvalue weighted by Crippen LogP contribution is 2.45. The predicted molar refractivity (Wildman–Crippen MR) is 105 cm³/mol. The molecule has 5 rings (SSSR count). The summed E-state index contributed by atoms with van der Waals surface area (Å²) in [7, 11) is 1.64. The molecular weight excluding hydrogens is 352 g/mol. The third-order valence-electron chi connectivity index (χ3n) is 5.57. The van der Waals surface area contributed by atoms with Crippen molar-refractivity contribution >= 4 is 11.7 Å². The molecule has 0 saturated carbocycles. The molecule has 2 aromatic carbocycles. The van der Waals surface area contributed by atoms with Crippen LogP contribution >= 0.6 is 0 Å². The van der Waals surface area contributed by atoms with Gasteiger partial charge in [0, 0.05) is 23.3 Å². The number of carbonyl (C=O) groups is 1. The van der Waals surface area contributed by atoms with Crippen molar-refractivity contribution in [2.75, 3.05) is 12.4 Å². The number of Topliss-reactive ketones (excluding diaryl/α,β-unsaturated/α-hetero) is 1. The first-order chi connectivity index (χ1) is 13.8. The SMILES string of the molecule is COc1ccccc1[C@H]1C2=C(C[C@@H](c3ccccc3)CC2=O)Nc2ncnn21. The van der Waals surface area contributed by atoms with Gasteiger partial charge in [-0.25, -0.2) is 4.68 Å². The first-order valence-corrected chi connectivity index (χ1v) is 9.37. The van der Waals surface area contributed by atoms with Crippen molar-refractivity contribution < 1.29 is 9.53 Å². The van der Waals surface area contributed by atoms with Gasteiger partial charge >= 0.3 is 0 Å². The van der Waals surface area contributed by atoms with E-state index in [1.54, 1.807) is 11.8 Å². The van der Waals surface area contributed by atoms with Crippen molar-refractivity contribution in [3.8, 4) is 5.75 Å².